The zero-order chi connectivity index (χ0) is 18.1. The number of cyclic esters (lactones) is 1. The molecule has 2 amide bonds. The molecule has 0 N–H and O–H groups in total. The quantitative estimate of drug-likeness (QED) is 0.798. The molecule has 2 aromatic carbocycles. The monoisotopic (exact) mass is 368 g/mol. The first kappa shape index (κ1) is 17.0. The standard InChI is InChI=1S/C20H20N2O3S/c1-14-9-10-22(17-7-2-3-8-18(17)26-14)19(23)15-5-4-6-16(13-15)21-11-12-25-20(21)24/h2-8,13-14H,9-12H2,1H3/t14-/m0/s1. The summed E-state index contributed by atoms with van der Waals surface area (Å²) in [5, 5.41) is 0.458. The van der Waals surface area contributed by atoms with Gasteiger partial charge in [-0.15, -0.1) is 11.8 Å². The van der Waals surface area contributed by atoms with Gasteiger partial charge in [-0.3, -0.25) is 9.69 Å². The molecule has 0 bridgehead atoms. The van der Waals surface area contributed by atoms with Crippen LogP contribution in [0.3, 0.4) is 0 Å². The molecular weight excluding hydrogens is 348 g/mol. The van der Waals surface area contributed by atoms with Gasteiger partial charge in [-0.2, -0.15) is 0 Å². The van der Waals surface area contributed by atoms with E-state index >= 15 is 0 Å². The van der Waals surface area contributed by atoms with Gasteiger partial charge in [0, 0.05) is 27.9 Å². The molecule has 0 unspecified atom stereocenters. The summed E-state index contributed by atoms with van der Waals surface area (Å²) in [6.07, 6.45) is 0.573. The van der Waals surface area contributed by atoms with Crippen molar-refractivity contribution in [3.63, 3.8) is 0 Å². The highest BCUT2D eigenvalue weighted by Crippen LogP contribution is 2.38. The van der Waals surface area contributed by atoms with Crippen LogP contribution in [0.1, 0.15) is 23.7 Å². The number of thioether (sulfide) groups is 1. The van der Waals surface area contributed by atoms with Gasteiger partial charge in [0.1, 0.15) is 6.61 Å². The van der Waals surface area contributed by atoms with E-state index < -0.39 is 0 Å². The summed E-state index contributed by atoms with van der Waals surface area (Å²) in [5.74, 6) is -0.0402. The zero-order valence-corrected chi connectivity index (χ0v) is 15.4. The maximum atomic E-state index is 13.3. The Bertz CT molecular complexity index is 854. The van der Waals surface area contributed by atoms with Crippen LogP contribution >= 0.6 is 11.8 Å². The zero-order valence-electron chi connectivity index (χ0n) is 14.6. The Labute approximate surface area is 156 Å². The molecule has 134 valence electrons. The molecule has 0 spiro atoms. The van der Waals surface area contributed by atoms with Gasteiger partial charge in [0.05, 0.1) is 12.2 Å². The van der Waals surface area contributed by atoms with Crippen LogP contribution < -0.4 is 9.80 Å². The summed E-state index contributed by atoms with van der Waals surface area (Å²) >= 11 is 1.81. The fourth-order valence-electron chi connectivity index (χ4n) is 3.29. The molecule has 0 aromatic heterocycles. The second-order valence-corrected chi connectivity index (χ2v) is 7.94. The van der Waals surface area contributed by atoms with Crippen LogP contribution in [-0.2, 0) is 4.74 Å². The lowest BCUT2D eigenvalue weighted by molar-refractivity contribution is 0.0986. The van der Waals surface area contributed by atoms with Crippen LogP contribution in [0, 0.1) is 0 Å². The van der Waals surface area contributed by atoms with Crippen LogP contribution in [0.25, 0.3) is 0 Å². The number of rotatable bonds is 2. The van der Waals surface area contributed by atoms with Crippen molar-refractivity contribution in [2.45, 2.75) is 23.5 Å². The number of nitrogens with zero attached hydrogens (tertiary/aromatic N) is 2. The third-order valence-electron chi connectivity index (χ3n) is 4.65. The Morgan fingerprint density at radius 2 is 2.00 bits per heavy atom. The van der Waals surface area contributed by atoms with E-state index in [1.54, 1.807) is 17.0 Å². The van der Waals surface area contributed by atoms with Crippen molar-refractivity contribution in [2.75, 3.05) is 29.5 Å². The number of anilines is 2. The summed E-state index contributed by atoms with van der Waals surface area (Å²) in [6.45, 7) is 3.76. The van der Waals surface area contributed by atoms with Crippen molar-refractivity contribution >= 4 is 35.1 Å². The Morgan fingerprint density at radius 3 is 2.81 bits per heavy atom. The van der Waals surface area contributed by atoms with E-state index in [0.717, 1.165) is 17.0 Å². The van der Waals surface area contributed by atoms with Crippen LogP contribution in [0.4, 0.5) is 16.2 Å². The Morgan fingerprint density at radius 1 is 1.15 bits per heavy atom. The highest BCUT2D eigenvalue weighted by molar-refractivity contribution is 8.00. The molecule has 0 aliphatic carbocycles. The smallest absolute Gasteiger partial charge is 0.414 e. The summed E-state index contributed by atoms with van der Waals surface area (Å²) in [7, 11) is 0. The normalized spacial score (nSPS) is 19.7. The predicted molar refractivity (Wildman–Crippen MR) is 103 cm³/mol. The van der Waals surface area contributed by atoms with Crippen molar-refractivity contribution in [3.8, 4) is 0 Å². The first-order chi connectivity index (χ1) is 12.6. The SMILES string of the molecule is C[C@H]1CCN(C(=O)c2cccc(N3CCOC3=O)c2)c2ccccc2S1. The van der Waals surface area contributed by atoms with Crippen LogP contribution in [-0.4, -0.2) is 36.9 Å². The van der Waals surface area contributed by atoms with Gasteiger partial charge in [0.25, 0.3) is 5.91 Å². The highest BCUT2D eigenvalue weighted by Gasteiger charge is 2.27. The van der Waals surface area contributed by atoms with E-state index in [-0.39, 0.29) is 12.0 Å². The number of benzene rings is 2. The van der Waals surface area contributed by atoms with Gasteiger partial charge < -0.3 is 9.64 Å². The Kier molecular flexibility index (Phi) is 4.59. The van der Waals surface area contributed by atoms with Gasteiger partial charge >= 0.3 is 6.09 Å². The lowest BCUT2D eigenvalue weighted by Crippen LogP contribution is -2.32. The molecule has 4 rings (SSSR count). The number of hydrogen-bond donors (Lipinski definition) is 0. The molecule has 2 heterocycles. The van der Waals surface area contributed by atoms with E-state index in [0.29, 0.717) is 36.2 Å². The maximum Gasteiger partial charge on any atom is 0.414 e. The molecule has 2 aliphatic heterocycles. The molecule has 6 heteroatoms. The number of carbonyl (C=O) groups excluding carboxylic acids is 2. The van der Waals surface area contributed by atoms with Crippen LogP contribution in [0.15, 0.2) is 53.4 Å². The minimum atomic E-state index is -0.361. The topological polar surface area (TPSA) is 49.9 Å². The summed E-state index contributed by atoms with van der Waals surface area (Å²) in [4.78, 5) is 29.6. The number of fused-ring (bicyclic) bond motifs is 1. The average molecular weight is 368 g/mol. The Hall–Kier alpha value is -2.47. The molecular formula is C20H20N2O3S. The predicted octanol–water partition coefficient (Wildman–Crippen LogP) is 4.17. The first-order valence-electron chi connectivity index (χ1n) is 8.75. The Balaban J connectivity index is 1.66. The van der Waals surface area contributed by atoms with Gasteiger partial charge in [-0.1, -0.05) is 25.1 Å². The largest absolute Gasteiger partial charge is 0.447 e. The van der Waals surface area contributed by atoms with Crippen molar-refractivity contribution in [1.82, 2.24) is 0 Å². The van der Waals surface area contributed by atoms with Gasteiger partial charge in [-0.05, 0) is 36.8 Å². The first-order valence-corrected chi connectivity index (χ1v) is 9.63. The van der Waals surface area contributed by atoms with Gasteiger partial charge in [-0.25, -0.2) is 4.79 Å². The molecule has 2 aliphatic rings. The highest BCUT2D eigenvalue weighted by atomic mass is 32.2. The number of carbonyl (C=O) groups is 2. The molecule has 0 saturated carbocycles. The maximum absolute atomic E-state index is 13.3. The van der Waals surface area contributed by atoms with E-state index in [1.807, 2.05) is 47.0 Å². The van der Waals surface area contributed by atoms with Crippen molar-refractivity contribution in [3.05, 3.63) is 54.1 Å². The van der Waals surface area contributed by atoms with Gasteiger partial charge in [0.15, 0.2) is 0 Å². The van der Waals surface area contributed by atoms with Crippen molar-refractivity contribution in [2.24, 2.45) is 0 Å². The molecule has 5 nitrogen and oxygen atoms in total. The molecule has 1 fully saturated rings. The van der Waals surface area contributed by atoms with Gasteiger partial charge in [0.2, 0.25) is 0 Å². The molecule has 26 heavy (non-hydrogen) atoms. The summed E-state index contributed by atoms with van der Waals surface area (Å²) in [6, 6.07) is 15.3. The average Bonchev–Trinajstić information content (AvgIpc) is 3.01. The van der Waals surface area contributed by atoms with Crippen molar-refractivity contribution < 1.29 is 14.3 Å². The molecule has 1 saturated heterocycles. The minimum Gasteiger partial charge on any atom is -0.447 e. The minimum absolute atomic E-state index is 0.0402. The fourth-order valence-corrected chi connectivity index (χ4v) is 4.40. The van der Waals surface area contributed by atoms with Crippen LogP contribution in [0.5, 0.6) is 0 Å². The second-order valence-electron chi connectivity index (χ2n) is 6.46. The van der Waals surface area contributed by atoms with E-state index in [2.05, 4.69) is 13.0 Å². The molecule has 1 atom stereocenters. The third kappa shape index (κ3) is 3.17. The fraction of sp³-hybridized carbons (Fsp3) is 0.300. The van der Waals surface area contributed by atoms with Crippen LogP contribution in [0.2, 0.25) is 0 Å². The number of hydrogen-bond acceptors (Lipinski definition) is 4. The number of amides is 2. The van der Waals surface area contributed by atoms with Crippen molar-refractivity contribution in [1.29, 1.82) is 0 Å². The number of ether oxygens (including phenoxy) is 1. The lowest BCUT2D eigenvalue weighted by Gasteiger charge is -2.23. The van der Waals surface area contributed by atoms with E-state index in [9.17, 15) is 9.59 Å². The summed E-state index contributed by atoms with van der Waals surface area (Å²) in [5.41, 5.74) is 2.23. The molecule has 0 radical (unpaired) electrons. The summed E-state index contributed by atoms with van der Waals surface area (Å²) < 4.78 is 5.00. The van der Waals surface area contributed by atoms with E-state index in [1.165, 1.54) is 0 Å². The number of para-hydroxylation sites is 1. The molecule has 2 aromatic rings. The second kappa shape index (κ2) is 7.03. The third-order valence-corrected chi connectivity index (χ3v) is 5.89. The van der Waals surface area contributed by atoms with E-state index in [4.69, 9.17) is 4.74 Å². The lowest BCUT2D eigenvalue weighted by atomic mass is 10.1.